The zero-order valence-corrected chi connectivity index (χ0v) is 13.7. The molecular formula is C16H25ClN4. The molecule has 21 heavy (non-hydrogen) atoms. The number of nitrogen functional groups attached to an aromatic ring is 1. The van der Waals surface area contributed by atoms with Crippen molar-refractivity contribution in [3.8, 4) is 0 Å². The minimum Gasteiger partial charge on any atom is -0.384 e. The highest BCUT2D eigenvalue weighted by atomic mass is 35.5. The molecule has 1 unspecified atom stereocenters. The van der Waals surface area contributed by atoms with Gasteiger partial charge in [-0.1, -0.05) is 30.7 Å². The molecule has 1 aromatic carbocycles. The fourth-order valence-corrected chi connectivity index (χ4v) is 2.94. The molecule has 0 spiro atoms. The molecule has 1 aliphatic rings. The molecule has 1 fully saturated rings. The smallest absolute Gasteiger partial charge is 0.122 e. The summed E-state index contributed by atoms with van der Waals surface area (Å²) in [6.45, 7) is 9.81. The van der Waals surface area contributed by atoms with Crippen LogP contribution in [0.1, 0.15) is 31.4 Å². The summed E-state index contributed by atoms with van der Waals surface area (Å²) in [4.78, 5) is 4.99. The van der Waals surface area contributed by atoms with E-state index >= 15 is 0 Å². The van der Waals surface area contributed by atoms with E-state index in [9.17, 15) is 0 Å². The minimum absolute atomic E-state index is 0.0608. The summed E-state index contributed by atoms with van der Waals surface area (Å²) in [5.41, 5.74) is 7.28. The van der Waals surface area contributed by atoms with E-state index in [1.54, 1.807) is 6.07 Å². The SMILES string of the molecule is CCC(C)N1CCN(Cc2ccc(C(=N)N)cc2Cl)CC1. The van der Waals surface area contributed by atoms with E-state index in [1.165, 1.54) is 6.42 Å². The van der Waals surface area contributed by atoms with Gasteiger partial charge in [-0.2, -0.15) is 0 Å². The number of amidine groups is 1. The van der Waals surface area contributed by atoms with Crippen LogP contribution in [-0.2, 0) is 6.54 Å². The lowest BCUT2D eigenvalue weighted by Crippen LogP contribution is -2.49. The van der Waals surface area contributed by atoms with Gasteiger partial charge in [0.1, 0.15) is 5.84 Å². The first-order valence-electron chi connectivity index (χ1n) is 7.60. The summed E-state index contributed by atoms with van der Waals surface area (Å²) in [7, 11) is 0. The Balaban J connectivity index is 1.93. The maximum atomic E-state index is 7.44. The van der Waals surface area contributed by atoms with Gasteiger partial charge in [0.05, 0.1) is 0 Å². The number of hydrogen-bond donors (Lipinski definition) is 2. The van der Waals surface area contributed by atoms with Crippen molar-refractivity contribution in [1.82, 2.24) is 9.80 Å². The Labute approximate surface area is 132 Å². The second-order valence-corrected chi connectivity index (χ2v) is 6.20. The lowest BCUT2D eigenvalue weighted by Gasteiger charge is -2.38. The van der Waals surface area contributed by atoms with Crippen LogP contribution < -0.4 is 5.73 Å². The fourth-order valence-electron chi connectivity index (χ4n) is 2.70. The molecule has 0 saturated carbocycles. The van der Waals surface area contributed by atoms with Crippen molar-refractivity contribution in [2.45, 2.75) is 32.9 Å². The van der Waals surface area contributed by atoms with Crippen LogP contribution in [0.5, 0.6) is 0 Å². The van der Waals surface area contributed by atoms with Crippen molar-refractivity contribution in [2.24, 2.45) is 5.73 Å². The van der Waals surface area contributed by atoms with Gasteiger partial charge in [-0.3, -0.25) is 15.2 Å². The van der Waals surface area contributed by atoms with Gasteiger partial charge in [0, 0.05) is 49.4 Å². The number of piperazine rings is 1. The van der Waals surface area contributed by atoms with Gasteiger partial charge in [-0.25, -0.2) is 0 Å². The van der Waals surface area contributed by atoms with Crippen molar-refractivity contribution in [1.29, 1.82) is 5.41 Å². The highest BCUT2D eigenvalue weighted by molar-refractivity contribution is 6.31. The van der Waals surface area contributed by atoms with Gasteiger partial charge in [0.15, 0.2) is 0 Å². The summed E-state index contributed by atoms with van der Waals surface area (Å²) in [5.74, 6) is 0.0608. The van der Waals surface area contributed by atoms with Crippen LogP contribution >= 0.6 is 11.6 Å². The standard InChI is InChI=1S/C16H25ClN4/c1-3-12(2)21-8-6-20(7-9-21)11-14-5-4-13(16(18)19)10-15(14)17/h4-5,10,12H,3,6-9,11H2,1-2H3,(H3,18,19). The number of halogens is 1. The van der Waals surface area contributed by atoms with E-state index in [2.05, 4.69) is 23.6 Å². The fraction of sp³-hybridized carbons (Fsp3) is 0.562. The molecule has 0 radical (unpaired) electrons. The molecule has 1 aliphatic heterocycles. The zero-order valence-electron chi connectivity index (χ0n) is 12.9. The zero-order chi connectivity index (χ0) is 15.4. The van der Waals surface area contributed by atoms with E-state index < -0.39 is 0 Å². The Morgan fingerprint density at radius 1 is 1.33 bits per heavy atom. The van der Waals surface area contributed by atoms with Crippen molar-refractivity contribution in [3.63, 3.8) is 0 Å². The van der Waals surface area contributed by atoms with Crippen LogP contribution in [-0.4, -0.2) is 47.9 Å². The quantitative estimate of drug-likeness (QED) is 0.649. The average Bonchev–Trinajstić information content (AvgIpc) is 2.49. The van der Waals surface area contributed by atoms with Crippen molar-refractivity contribution < 1.29 is 0 Å². The highest BCUT2D eigenvalue weighted by Crippen LogP contribution is 2.20. The predicted octanol–water partition coefficient (Wildman–Crippen LogP) is 2.54. The monoisotopic (exact) mass is 308 g/mol. The molecule has 1 atom stereocenters. The minimum atomic E-state index is 0.0608. The molecule has 116 valence electrons. The van der Waals surface area contributed by atoms with Crippen molar-refractivity contribution in [3.05, 3.63) is 34.3 Å². The molecule has 1 heterocycles. The maximum absolute atomic E-state index is 7.44. The Morgan fingerprint density at radius 2 is 2.00 bits per heavy atom. The first-order chi connectivity index (χ1) is 10.0. The second-order valence-electron chi connectivity index (χ2n) is 5.79. The molecule has 0 amide bonds. The third-order valence-corrected chi connectivity index (χ3v) is 4.73. The van der Waals surface area contributed by atoms with Crippen molar-refractivity contribution >= 4 is 17.4 Å². The summed E-state index contributed by atoms with van der Waals surface area (Å²) in [6.07, 6.45) is 1.21. The van der Waals surface area contributed by atoms with Crippen LogP contribution in [0.4, 0.5) is 0 Å². The normalized spacial score (nSPS) is 18.6. The molecular weight excluding hydrogens is 284 g/mol. The van der Waals surface area contributed by atoms with Gasteiger partial charge in [0.25, 0.3) is 0 Å². The molecule has 0 aliphatic carbocycles. The molecule has 1 saturated heterocycles. The van der Waals surface area contributed by atoms with Crippen LogP contribution in [0.15, 0.2) is 18.2 Å². The molecule has 2 rings (SSSR count). The molecule has 1 aromatic rings. The highest BCUT2D eigenvalue weighted by Gasteiger charge is 2.20. The van der Waals surface area contributed by atoms with Gasteiger partial charge < -0.3 is 5.73 Å². The van der Waals surface area contributed by atoms with Crippen LogP contribution in [0, 0.1) is 5.41 Å². The van der Waals surface area contributed by atoms with E-state index in [0.717, 1.165) is 38.3 Å². The van der Waals surface area contributed by atoms with E-state index in [4.69, 9.17) is 22.7 Å². The van der Waals surface area contributed by atoms with Crippen molar-refractivity contribution in [2.75, 3.05) is 26.2 Å². The average molecular weight is 309 g/mol. The van der Waals surface area contributed by atoms with E-state index in [-0.39, 0.29) is 5.84 Å². The number of nitrogens with two attached hydrogens (primary N) is 1. The van der Waals surface area contributed by atoms with Gasteiger partial charge in [-0.15, -0.1) is 0 Å². The molecule has 3 N–H and O–H groups in total. The lowest BCUT2D eigenvalue weighted by atomic mass is 10.1. The number of rotatable bonds is 5. The lowest BCUT2D eigenvalue weighted by molar-refractivity contribution is 0.0964. The number of benzene rings is 1. The van der Waals surface area contributed by atoms with Gasteiger partial charge in [-0.05, 0) is 25.0 Å². The second kappa shape index (κ2) is 7.25. The van der Waals surface area contributed by atoms with Crippen LogP contribution in [0.25, 0.3) is 0 Å². The van der Waals surface area contributed by atoms with Gasteiger partial charge in [0.2, 0.25) is 0 Å². The van der Waals surface area contributed by atoms with E-state index in [1.807, 2.05) is 12.1 Å². The predicted molar refractivity (Wildman–Crippen MR) is 89.1 cm³/mol. The number of hydrogen-bond acceptors (Lipinski definition) is 3. The van der Waals surface area contributed by atoms with Gasteiger partial charge >= 0.3 is 0 Å². The first-order valence-corrected chi connectivity index (χ1v) is 7.98. The summed E-state index contributed by atoms with van der Waals surface area (Å²) >= 11 is 6.30. The maximum Gasteiger partial charge on any atom is 0.122 e. The largest absolute Gasteiger partial charge is 0.384 e. The summed E-state index contributed by atoms with van der Waals surface area (Å²) in [6, 6.07) is 6.32. The van der Waals surface area contributed by atoms with E-state index in [0.29, 0.717) is 16.6 Å². The van der Waals surface area contributed by atoms with Crippen LogP contribution in [0.2, 0.25) is 5.02 Å². The molecule has 0 aromatic heterocycles. The van der Waals surface area contributed by atoms with Crippen LogP contribution in [0.3, 0.4) is 0 Å². The first kappa shape index (κ1) is 16.3. The molecule has 0 bridgehead atoms. The Morgan fingerprint density at radius 3 is 2.52 bits per heavy atom. The summed E-state index contributed by atoms with van der Waals surface area (Å²) < 4.78 is 0. The summed E-state index contributed by atoms with van der Waals surface area (Å²) in [5, 5.41) is 8.14. The number of nitrogens with zero attached hydrogens (tertiary/aromatic N) is 2. The number of nitrogens with one attached hydrogen (secondary N) is 1. The Hall–Kier alpha value is -1.10. The topological polar surface area (TPSA) is 56.4 Å². The third-order valence-electron chi connectivity index (χ3n) is 4.38. The third kappa shape index (κ3) is 4.19. The Bertz CT molecular complexity index is 495. The molecule has 5 heteroatoms. The Kier molecular flexibility index (Phi) is 5.62. The molecule has 4 nitrogen and oxygen atoms in total.